The second-order valence-electron chi connectivity index (χ2n) is 7.37. The number of nitrogens with one attached hydrogen (secondary N) is 1. The molecule has 2 heterocycles. The number of hydrogen-bond donors (Lipinski definition) is 1. The molecule has 1 amide bonds. The Morgan fingerprint density at radius 1 is 1.22 bits per heavy atom. The molecule has 1 atom stereocenters. The van der Waals surface area contributed by atoms with Crippen molar-refractivity contribution in [2.45, 2.75) is 31.8 Å². The van der Waals surface area contributed by atoms with Crippen molar-refractivity contribution in [2.75, 3.05) is 19.7 Å². The van der Waals surface area contributed by atoms with Gasteiger partial charge in [-0.05, 0) is 54.3 Å². The van der Waals surface area contributed by atoms with E-state index in [1.165, 1.54) is 11.1 Å². The lowest BCUT2D eigenvalue weighted by atomic mass is 10.0. The summed E-state index contributed by atoms with van der Waals surface area (Å²) in [7, 11) is 0. The van der Waals surface area contributed by atoms with Gasteiger partial charge in [0.1, 0.15) is 5.75 Å². The van der Waals surface area contributed by atoms with Gasteiger partial charge in [-0.25, -0.2) is 0 Å². The van der Waals surface area contributed by atoms with Gasteiger partial charge in [-0.3, -0.25) is 9.69 Å². The van der Waals surface area contributed by atoms with Crippen molar-refractivity contribution in [3.8, 4) is 5.75 Å². The first-order chi connectivity index (χ1) is 13.3. The van der Waals surface area contributed by atoms with E-state index in [1.54, 1.807) is 6.08 Å². The van der Waals surface area contributed by atoms with E-state index in [0.29, 0.717) is 0 Å². The average molecular weight is 362 g/mol. The van der Waals surface area contributed by atoms with Crippen LogP contribution in [0.5, 0.6) is 5.75 Å². The topological polar surface area (TPSA) is 41.6 Å². The number of carbonyl (C=O) groups excluding carboxylic acids is 1. The van der Waals surface area contributed by atoms with Crippen LogP contribution in [0.4, 0.5) is 0 Å². The lowest BCUT2D eigenvalue weighted by Gasteiger charge is -2.33. The maximum Gasteiger partial charge on any atom is 0.244 e. The molecule has 2 aromatic carbocycles. The SMILES string of the molecule is O=C(C=Cc1ccc2c(c1)CCO2)NC1CCCN(Cc2ccccc2)C1. The molecule has 1 saturated heterocycles. The van der Waals surface area contributed by atoms with Gasteiger partial charge in [0.05, 0.1) is 6.61 Å². The minimum absolute atomic E-state index is 0.0155. The molecule has 140 valence electrons. The van der Waals surface area contributed by atoms with E-state index in [-0.39, 0.29) is 11.9 Å². The van der Waals surface area contributed by atoms with Crippen LogP contribution in [0.25, 0.3) is 6.08 Å². The summed E-state index contributed by atoms with van der Waals surface area (Å²) in [5.74, 6) is 0.954. The maximum atomic E-state index is 12.3. The van der Waals surface area contributed by atoms with Gasteiger partial charge >= 0.3 is 0 Å². The average Bonchev–Trinajstić information content (AvgIpc) is 3.15. The smallest absolute Gasteiger partial charge is 0.244 e. The third-order valence-corrected chi connectivity index (χ3v) is 5.24. The van der Waals surface area contributed by atoms with Crippen LogP contribution in [0.3, 0.4) is 0 Å². The van der Waals surface area contributed by atoms with E-state index >= 15 is 0 Å². The summed E-state index contributed by atoms with van der Waals surface area (Å²) in [6, 6.07) is 16.8. The van der Waals surface area contributed by atoms with Gasteiger partial charge in [0.25, 0.3) is 0 Å². The summed E-state index contributed by atoms with van der Waals surface area (Å²) < 4.78 is 5.52. The third-order valence-electron chi connectivity index (χ3n) is 5.24. The van der Waals surface area contributed by atoms with E-state index in [1.807, 2.05) is 24.3 Å². The zero-order valence-corrected chi connectivity index (χ0v) is 15.6. The van der Waals surface area contributed by atoms with E-state index < -0.39 is 0 Å². The molecule has 1 N–H and O–H groups in total. The van der Waals surface area contributed by atoms with E-state index in [9.17, 15) is 4.79 Å². The predicted octanol–water partition coefficient (Wildman–Crippen LogP) is 3.42. The Morgan fingerprint density at radius 3 is 3.00 bits per heavy atom. The van der Waals surface area contributed by atoms with Gasteiger partial charge in [-0.15, -0.1) is 0 Å². The van der Waals surface area contributed by atoms with Gasteiger partial charge in [0, 0.05) is 31.6 Å². The first kappa shape index (κ1) is 17.8. The normalized spacial score (nSPS) is 19.6. The van der Waals surface area contributed by atoms with Crippen molar-refractivity contribution in [2.24, 2.45) is 0 Å². The van der Waals surface area contributed by atoms with Crippen LogP contribution in [-0.2, 0) is 17.8 Å². The Morgan fingerprint density at radius 2 is 2.11 bits per heavy atom. The molecular weight excluding hydrogens is 336 g/mol. The van der Waals surface area contributed by atoms with E-state index in [0.717, 1.165) is 56.8 Å². The molecule has 1 unspecified atom stereocenters. The fourth-order valence-electron chi connectivity index (χ4n) is 3.89. The molecule has 0 aromatic heterocycles. The highest BCUT2D eigenvalue weighted by Gasteiger charge is 2.20. The molecule has 0 aliphatic carbocycles. The Kier molecular flexibility index (Phi) is 5.54. The lowest BCUT2D eigenvalue weighted by molar-refractivity contribution is -0.117. The standard InChI is InChI=1S/C23H26N2O2/c26-23(11-9-18-8-10-22-20(15-18)12-14-27-22)24-21-7-4-13-25(17-21)16-19-5-2-1-3-6-19/h1-3,5-6,8-11,15,21H,4,7,12-14,16-17H2,(H,24,26). The second-order valence-corrected chi connectivity index (χ2v) is 7.37. The molecular formula is C23H26N2O2. The largest absolute Gasteiger partial charge is 0.493 e. The number of hydrogen-bond acceptors (Lipinski definition) is 3. The number of amides is 1. The van der Waals surface area contributed by atoms with Crippen LogP contribution in [0, 0.1) is 0 Å². The fraction of sp³-hybridized carbons (Fsp3) is 0.348. The Balaban J connectivity index is 1.29. The molecule has 2 aliphatic rings. The molecule has 0 radical (unpaired) electrons. The maximum absolute atomic E-state index is 12.3. The molecule has 0 spiro atoms. The van der Waals surface area contributed by atoms with Crippen molar-refractivity contribution in [1.82, 2.24) is 10.2 Å². The minimum Gasteiger partial charge on any atom is -0.493 e. The van der Waals surface area contributed by atoms with Gasteiger partial charge in [-0.1, -0.05) is 36.4 Å². The Hall–Kier alpha value is -2.59. The zero-order chi connectivity index (χ0) is 18.5. The van der Waals surface area contributed by atoms with Crippen molar-refractivity contribution in [1.29, 1.82) is 0 Å². The summed E-state index contributed by atoms with van der Waals surface area (Å²) in [4.78, 5) is 14.8. The number of benzene rings is 2. The molecule has 4 heteroatoms. The van der Waals surface area contributed by atoms with Crippen LogP contribution in [0.1, 0.15) is 29.5 Å². The fourth-order valence-corrected chi connectivity index (χ4v) is 3.89. The zero-order valence-electron chi connectivity index (χ0n) is 15.6. The van der Waals surface area contributed by atoms with Gasteiger partial charge in [0.2, 0.25) is 5.91 Å². The Bertz CT molecular complexity index is 816. The predicted molar refractivity (Wildman–Crippen MR) is 108 cm³/mol. The van der Waals surface area contributed by atoms with Crippen LogP contribution >= 0.6 is 0 Å². The summed E-state index contributed by atoms with van der Waals surface area (Å²) >= 11 is 0. The minimum atomic E-state index is -0.0155. The molecule has 2 aliphatic heterocycles. The van der Waals surface area contributed by atoms with E-state index in [4.69, 9.17) is 4.74 Å². The highest BCUT2D eigenvalue weighted by molar-refractivity contribution is 5.92. The first-order valence-corrected chi connectivity index (χ1v) is 9.77. The van der Waals surface area contributed by atoms with Gasteiger partial charge < -0.3 is 10.1 Å². The summed E-state index contributed by atoms with van der Waals surface area (Å²) in [5.41, 5.74) is 3.59. The molecule has 1 fully saturated rings. The molecule has 4 nitrogen and oxygen atoms in total. The van der Waals surface area contributed by atoms with Crippen molar-refractivity contribution < 1.29 is 9.53 Å². The van der Waals surface area contributed by atoms with Crippen molar-refractivity contribution >= 4 is 12.0 Å². The number of carbonyl (C=O) groups is 1. The summed E-state index contributed by atoms with van der Waals surface area (Å²) in [5, 5.41) is 3.17. The molecule has 2 aromatic rings. The summed E-state index contributed by atoms with van der Waals surface area (Å²) in [6.45, 7) is 3.70. The van der Waals surface area contributed by atoms with E-state index in [2.05, 4.69) is 40.5 Å². The third kappa shape index (κ3) is 4.77. The number of nitrogens with zero attached hydrogens (tertiary/aromatic N) is 1. The highest BCUT2D eigenvalue weighted by atomic mass is 16.5. The first-order valence-electron chi connectivity index (χ1n) is 9.77. The summed E-state index contributed by atoms with van der Waals surface area (Å²) in [6.07, 6.45) is 6.64. The molecule has 27 heavy (non-hydrogen) atoms. The molecule has 0 bridgehead atoms. The van der Waals surface area contributed by atoms with Crippen molar-refractivity contribution in [3.05, 3.63) is 71.3 Å². The lowest BCUT2D eigenvalue weighted by Crippen LogP contribution is -2.46. The second kappa shape index (κ2) is 8.40. The van der Waals surface area contributed by atoms with Crippen LogP contribution in [0.15, 0.2) is 54.6 Å². The molecule has 4 rings (SSSR count). The number of ether oxygens (including phenoxy) is 1. The number of fused-ring (bicyclic) bond motifs is 1. The number of rotatable bonds is 5. The van der Waals surface area contributed by atoms with Crippen LogP contribution < -0.4 is 10.1 Å². The van der Waals surface area contributed by atoms with Crippen LogP contribution in [0.2, 0.25) is 0 Å². The van der Waals surface area contributed by atoms with Gasteiger partial charge in [-0.2, -0.15) is 0 Å². The highest BCUT2D eigenvalue weighted by Crippen LogP contribution is 2.26. The van der Waals surface area contributed by atoms with Gasteiger partial charge in [0.15, 0.2) is 0 Å². The van der Waals surface area contributed by atoms with Crippen LogP contribution in [-0.4, -0.2) is 36.5 Å². The quantitative estimate of drug-likeness (QED) is 0.829. The Labute approximate surface area is 160 Å². The van der Waals surface area contributed by atoms with Crippen molar-refractivity contribution in [3.63, 3.8) is 0 Å². The number of likely N-dealkylation sites (tertiary alicyclic amines) is 1. The number of piperidine rings is 1. The monoisotopic (exact) mass is 362 g/mol. The molecule has 0 saturated carbocycles.